The van der Waals surface area contributed by atoms with E-state index in [0.29, 0.717) is 38.3 Å². The van der Waals surface area contributed by atoms with Crippen molar-refractivity contribution < 1.29 is 14.3 Å². The van der Waals surface area contributed by atoms with Crippen molar-refractivity contribution in [2.24, 2.45) is 0 Å². The van der Waals surface area contributed by atoms with Gasteiger partial charge < -0.3 is 19.9 Å². The molecule has 6 nitrogen and oxygen atoms in total. The highest BCUT2D eigenvalue weighted by molar-refractivity contribution is 5.94. The molecule has 0 aromatic heterocycles. The Labute approximate surface area is 166 Å². The molecule has 148 valence electrons. The number of hydrogen-bond acceptors (Lipinski definition) is 3. The summed E-state index contributed by atoms with van der Waals surface area (Å²) in [5, 5.41) is 2.97. The minimum atomic E-state index is -0.118. The predicted octanol–water partition coefficient (Wildman–Crippen LogP) is 2.93. The third-order valence-electron chi connectivity index (χ3n) is 4.83. The van der Waals surface area contributed by atoms with Gasteiger partial charge in [-0.15, -0.1) is 0 Å². The van der Waals surface area contributed by atoms with Crippen molar-refractivity contribution in [1.82, 2.24) is 15.1 Å². The first-order valence-electron chi connectivity index (χ1n) is 9.63. The highest BCUT2D eigenvalue weighted by atomic mass is 16.5. The van der Waals surface area contributed by atoms with Crippen LogP contribution in [-0.4, -0.2) is 60.6 Å². The molecule has 1 heterocycles. The van der Waals surface area contributed by atoms with Crippen LogP contribution in [0.2, 0.25) is 0 Å². The van der Waals surface area contributed by atoms with Gasteiger partial charge in [-0.1, -0.05) is 36.4 Å². The van der Waals surface area contributed by atoms with E-state index in [1.165, 1.54) is 0 Å². The molecule has 0 saturated carbocycles. The number of nitrogens with zero attached hydrogens (tertiary/aromatic N) is 2. The van der Waals surface area contributed by atoms with Crippen LogP contribution < -0.4 is 10.1 Å². The average molecular weight is 381 g/mol. The number of ether oxygens (including phenoxy) is 1. The molecule has 3 rings (SSSR count). The van der Waals surface area contributed by atoms with Crippen molar-refractivity contribution in [2.45, 2.75) is 19.9 Å². The molecule has 0 radical (unpaired) electrons. The summed E-state index contributed by atoms with van der Waals surface area (Å²) in [6.07, 6.45) is 0. The number of urea groups is 1. The molecule has 1 saturated heterocycles. The van der Waals surface area contributed by atoms with Crippen molar-refractivity contribution >= 4 is 11.9 Å². The van der Waals surface area contributed by atoms with Crippen molar-refractivity contribution in [3.05, 3.63) is 65.7 Å². The van der Waals surface area contributed by atoms with Crippen LogP contribution in [0, 0.1) is 6.92 Å². The lowest BCUT2D eigenvalue weighted by atomic mass is 10.2. The standard InChI is InChI=1S/C22H27N3O3/c1-17-8-6-7-11-20(17)28-16-18(2)23-22(27)25-14-12-24(13-15-25)21(26)19-9-4-3-5-10-19/h3-11,18H,12-16H2,1-2H3,(H,23,27)/t18-/m0/s1. The van der Waals surface area contributed by atoms with Crippen LogP contribution in [-0.2, 0) is 0 Å². The zero-order valence-electron chi connectivity index (χ0n) is 16.4. The van der Waals surface area contributed by atoms with Gasteiger partial charge in [0, 0.05) is 31.7 Å². The van der Waals surface area contributed by atoms with E-state index in [9.17, 15) is 9.59 Å². The molecule has 3 amide bonds. The maximum absolute atomic E-state index is 12.5. The molecule has 0 spiro atoms. The Balaban J connectivity index is 1.43. The number of aryl methyl sites for hydroxylation is 1. The molecule has 1 fully saturated rings. The largest absolute Gasteiger partial charge is 0.491 e. The molecule has 2 aromatic carbocycles. The summed E-state index contributed by atoms with van der Waals surface area (Å²) in [7, 11) is 0. The van der Waals surface area contributed by atoms with Crippen molar-refractivity contribution in [3.63, 3.8) is 0 Å². The van der Waals surface area contributed by atoms with E-state index in [1.54, 1.807) is 9.80 Å². The Morgan fingerprint density at radius 1 is 0.964 bits per heavy atom. The molecule has 1 aliphatic heterocycles. The van der Waals surface area contributed by atoms with Gasteiger partial charge in [0.25, 0.3) is 5.91 Å². The molecule has 28 heavy (non-hydrogen) atoms. The maximum Gasteiger partial charge on any atom is 0.317 e. The monoisotopic (exact) mass is 381 g/mol. The van der Waals surface area contributed by atoms with Crippen LogP contribution in [0.4, 0.5) is 4.79 Å². The van der Waals surface area contributed by atoms with Gasteiger partial charge >= 0.3 is 6.03 Å². The van der Waals surface area contributed by atoms with Gasteiger partial charge in [0.05, 0.1) is 6.04 Å². The Morgan fingerprint density at radius 3 is 2.25 bits per heavy atom. The fourth-order valence-corrected chi connectivity index (χ4v) is 3.15. The second-order valence-electron chi connectivity index (χ2n) is 7.07. The summed E-state index contributed by atoms with van der Waals surface area (Å²) in [5.41, 5.74) is 1.75. The van der Waals surface area contributed by atoms with Crippen LogP contribution in [0.15, 0.2) is 54.6 Å². The SMILES string of the molecule is Cc1ccccc1OC[C@H](C)NC(=O)N1CCN(C(=O)c2ccccc2)CC1. The predicted molar refractivity (Wildman–Crippen MR) is 109 cm³/mol. The summed E-state index contributed by atoms with van der Waals surface area (Å²) < 4.78 is 5.80. The first kappa shape index (κ1) is 19.7. The summed E-state index contributed by atoms with van der Waals surface area (Å²) in [5.74, 6) is 0.845. The number of carbonyl (C=O) groups excluding carboxylic acids is 2. The lowest BCUT2D eigenvalue weighted by Gasteiger charge is -2.35. The smallest absolute Gasteiger partial charge is 0.317 e. The van der Waals surface area contributed by atoms with E-state index >= 15 is 0 Å². The number of rotatable bonds is 5. The highest BCUT2D eigenvalue weighted by Crippen LogP contribution is 2.16. The highest BCUT2D eigenvalue weighted by Gasteiger charge is 2.25. The maximum atomic E-state index is 12.5. The Kier molecular flexibility index (Phi) is 6.53. The molecule has 6 heteroatoms. The Hall–Kier alpha value is -3.02. The van der Waals surface area contributed by atoms with Gasteiger partial charge in [-0.05, 0) is 37.6 Å². The second-order valence-corrected chi connectivity index (χ2v) is 7.07. The fraction of sp³-hybridized carbons (Fsp3) is 0.364. The second kappa shape index (κ2) is 9.26. The molecule has 0 bridgehead atoms. The van der Waals surface area contributed by atoms with Crippen molar-refractivity contribution in [3.8, 4) is 5.75 Å². The third-order valence-corrected chi connectivity index (χ3v) is 4.83. The molecular weight excluding hydrogens is 354 g/mol. The number of carbonyl (C=O) groups is 2. The van der Waals surface area contributed by atoms with Crippen LogP contribution in [0.5, 0.6) is 5.75 Å². The van der Waals surface area contributed by atoms with E-state index in [2.05, 4.69) is 5.32 Å². The van der Waals surface area contributed by atoms with Gasteiger partial charge in [-0.25, -0.2) is 4.79 Å². The molecule has 2 aromatic rings. The van der Waals surface area contributed by atoms with E-state index in [1.807, 2.05) is 68.4 Å². The summed E-state index contributed by atoms with van der Waals surface area (Å²) in [4.78, 5) is 28.5. The van der Waals surface area contributed by atoms with Crippen LogP contribution >= 0.6 is 0 Å². The molecule has 0 unspecified atom stereocenters. The quantitative estimate of drug-likeness (QED) is 0.866. The topological polar surface area (TPSA) is 61.9 Å². The van der Waals surface area contributed by atoms with Gasteiger partial charge in [0.1, 0.15) is 12.4 Å². The zero-order valence-corrected chi connectivity index (χ0v) is 16.4. The lowest BCUT2D eigenvalue weighted by molar-refractivity contribution is 0.0662. The third kappa shape index (κ3) is 5.03. The molecule has 1 atom stereocenters. The lowest BCUT2D eigenvalue weighted by Crippen LogP contribution is -2.54. The van der Waals surface area contributed by atoms with E-state index in [4.69, 9.17) is 4.74 Å². The van der Waals surface area contributed by atoms with E-state index in [0.717, 1.165) is 11.3 Å². The van der Waals surface area contributed by atoms with Gasteiger partial charge in [0.15, 0.2) is 0 Å². The zero-order chi connectivity index (χ0) is 19.9. The van der Waals surface area contributed by atoms with Gasteiger partial charge in [-0.3, -0.25) is 4.79 Å². The molecule has 1 N–H and O–H groups in total. The molecule has 0 aliphatic carbocycles. The minimum Gasteiger partial charge on any atom is -0.491 e. The van der Waals surface area contributed by atoms with Crippen molar-refractivity contribution in [1.29, 1.82) is 0 Å². The fourth-order valence-electron chi connectivity index (χ4n) is 3.15. The summed E-state index contributed by atoms with van der Waals surface area (Å²) in [6.45, 7) is 6.44. The first-order chi connectivity index (χ1) is 13.5. The number of piperazine rings is 1. The normalized spacial score (nSPS) is 15.1. The van der Waals surface area contributed by atoms with Crippen LogP contribution in [0.25, 0.3) is 0 Å². The van der Waals surface area contributed by atoms with Gasteiger partial charge in [0.2, 0.25) is 0 Å². The van der Waals surface area contributed by atoms with Crippen molar-refractivity contribution in [2.75, 3.05) is 32.8 Å². The molecule has 1 aliphatic rings. The number of amides is 3. The van der Waals surface area contributed by atoms with Gasteiger partial charge in [-0.2, -0.15) is 0 Å². The average Bonchev–Trinajstić information content (AvgIpc) is 2.73. The number of para-hydroxylation sites is 1. The number of hydrogen-bond donors (Lipinski definition) is 1. The van der Waals surface area contributed by atoms with Crippen LogP contribution in [0.1, 0.15) is 22.8 Å². The first-order valence-corrected chi connectivity index (χ1v) is 9.63. The van der Waals surface area contributed by atoms with Crippen LogP contribution in [0.3, 0.4) is 0 Å². The Morgan fingerprint density at radius 2 is 1.57 bits per heavy atom. The number of benzene rings is 2. The number of nitrogens with one attached hydrogen (secondary N) is 1. The summed E-state index contributed by atoms with van der Waals surface area (Å²) >= 11 is 0. The van der Waals surface area contributed by atoms with E-state index < -0.39 is 0 Å². The van der Waals surface area contributed by atoms with E-state index in [-0.39, 0.29) is 18.0 Å². The minimum absolute atomic E-state index is 0.0145. The Bertz CT molecular complexity index is 802. The summed E-state index contributed by atoms with van der Waals surface area (Å²) in [6, 6.07) is 16.8. The molecular formula is C22H27N3O3.